The monoisotopic (exact) mass is 337 g/mol. The van der Waals surface area contributed by atoms with Crippen LogP contribution < -0.4 is 5.73 Å². The van der Waals surface area contributed by atoms with Crippen LogP contribution >= 0.6 is 0 Å². The van der Waals surface area contributed by atoms with Gasteiger partial charge in [0.1, 0.15) is 0 Å². The highest BCUT2D eigenvalue weighted by Gasteiger charge is 2.20. The Morgan fingerprint density at radius 3 is 2.04 bits per heavy atom. The Labute approximate surface area is 147 Å². The van der Waals surface area contributed by atoms with Gasteiger partial charge in [-0.3, -0.25) is 9.59 Å². The van der Waals surface area contributed by atoms with Crippen molar-refractivity contribution in [1.82, 2.24) is 0 Å². The topological polar surface area (TPSA) is 69.4 Å². The highest BCUT2D eigenvalue weighted by atomic mass is 16.5. The van der Waals surface area contributed by atoms with Crippen LogP contribution in [0.15, 0.2) is 24.5 Å². The van der Waals surface area contributed by atoms with E-state index in [9.17, 15) is 9.59 Å². The summed E-state index contributed by atoms with van der Waals surface area (Å²) in [6, 6.07) is 0. The van der Waals surface area contributed by atoms with E-state index in [1.165, 1.54) is 38.5 Å². The fourth-order valence-electron chi connectivity index (χ4n) is 2.71. The molecule has 0 bridgehead atoms. The average molecular weight is 338 g/mol. The Kier molecular flexibility index (Phi) is 12.9. The first kappa shape index (κ1) is 22.4. The van der Waals surface area contributed by atoms with Crippen molar-refractivity contribution in [2.24, 2.45) is 17.6 Å². The van der Waals surface area contributed by atoms with E-state index in [4.69, 9.17) is 10.5 Å². The van der Waals surface area contributed by atoms with Crippen molar-refractivity contribution < 1.29 is 14.3 Å². The molecule has 2 N–H and O–H groups in total. The molecule has 0 aromatic rings. The molecule has 24 heavy (non-hydrogen) atoms. The van der Waals surface area contributed by atoms with Crippen molar-refractivity contribution >= 4 is 11.9 Å². The normalized spacial score (nSPS) is 12.9. The molecule has 0 rings (SSSR count). The molecule has 0 saturated carbocycles. The van der Waals surface area contributed by atoms with Crippen molar-refractivity contribution in [3.05, 3.63) is 24.5 Å². The molecule has 0 saturated heterocycles. The van der Waals surface area contributed by atoms with E-state index in [0.29, 0.717) is 12.0 Å². The first-order chi connectivity index (χ1) is 11.4. The van der Waals surface area contributed by atoms with E-state index < -0.39 is 11.8 Å². The van der Waals surface area contributed by atoms with Gasteiger partial charge < -0.3 is 10.5 Å². The number of hydrogen-bond donors (Lipinski definition) is 1. The van der Waals surface area contributed by atoms with Gasteiger partial charge in [-0.15, -0.1) is 0 Å². The van der Waals surface area contributed by atoms with Gasteiger partial charge in [0.15, 0.2) is 0 Å². The van der Waals surface area contributed by atoms with Crippen LogP contribution in [-0.4, -0.2) is 11.9 Å². The molecule has 0 aliphatic rings. The quantitative estimate of drug-likeness (QED) is 0.212. The van der Waals surface area contributed by atoms with E-state index in [1.54, 1.807) is 6.08 Å². The highest BCUT2D eigenvalue weighted by Crippen LogP contribution is 2.20. The van der Waals surface area contributed by atoms with Gasteiger partial charge in [0.05, 0.1) is 12.2 Å². The first-order valence-corrected chi connectivity index (χ1v) is 9.26. The molecule has 0 radical (unpaired) electrons. The third-order valence-electron chi connectivity index (χ3n) is 4.16. The minimum Gasteiger partial charge on any atom is -0.435 e. The van der Waals surface area contributed by atoms with Gasteiger partial charge in [-0.25, -0.2) is 0 Å². The zero-order valence-electron chi connectivity index (χ0n) is 15.7. The molecule has 0 aromatic carbocycles. The van der Waals surface area contributed by atoms with Crippen LogP contribution in [0.25, 0.3) is 0 Å². The molecule has 138 valence electrons. The third-order valence-corrected chi connectivity index (χ3v) is 4.16. The van der Waals surface area contributed by atoms with Crippen LogP contribution in [0, 0.1) is 11.8 Å². The molecule has 0 heterocycles. The highest BCUT2D eigenvalue weighted by molar-refractivity contribution is 5.93. The summed E-state index contributed by atoms with van der Waals surface area (Å²) >= 11 is 0. The van der Waals surface area contributed by atoms with Gasteiger partial charge in [-0.2, -0.15) is 0 Å². The fraction of sp³-hybridized carbons (Fsp3) is 0.700. The van der Waals surface area contributed by atoms with Gasteiger partial charge >= 0.3 is 5.97 Å². The number of unbranched alkanes of at least 4 members (excludes halogenated alkanes) is 7. The second-order valence-corrected chi connectivity index (χ2v) is 6.61. The number of ether oxygens (including phenoxy) is 1. The predicted molar refractivity (Wildman–Crippen MR) is 99.1 cm³/mol. The first-order valence-electron chi connectivity index (χ1n) is 9.26. The Morgan fingerprint density at radius 2 is 1.58 bits per heavy atom. The Morgan fingerprint density at radius 1 is 1.04 bits per heavy atom. The summed E-state index contributed by atoms with van der Waals surface area (Å²) in [6.45, 7) is 9.42. The van der Waals surface area contributed by atoms with E-state index in [2.05, 4.69) is 13.5 Å². The van der Waals surface area contributed by atoms with E-state index in [1.807, 2.05) is 13.8 Å². The minimum absolute atomic E-state index is 0.0138. The van der Waals surface area contributed by atoms with Crippen LogP contribution in [0.5, 0.6) is 0 Å². The molecule has 1 amide bonds. The zero-order chi connectivity index (χ0) is 18.4. The third kappa shape index (κ3) is 10.2. The van der Waals surface area contributed by atoms with Gasteiger partial charge in [-0.05, 0) is 12.3 Å². The standard InChI is InChI=1S/C20H35NO3/c1-5-7-8-9-10-11-12-13-14-17(20(23)24-6-2)15-18(16(3)4)19(21)22/h6,15-17H,2,5,7-14H2,1,3-4H3,(H2,21,22)/b18-15-. The van der Waals surface area contributed by atoms with Crippen LogP contribution in [0.2, 0.25) is 0 Å². The Balaban J connectivity index is 4.48. The molecular weight excluding hydrogens is 302 g/mol. The van der Waals surface area contributed by atoms with Gasteiger partial charge in [0.25, 0.3) is 0 Å². The summed E-state index contributed by atoms with van der Waals surface area (Å²) in [5, 5.41) is 0. The smallest absolute Gasteiger partial charge is 0.317 e. The van der Waals surface area contributed by atoms with Crippen molar-refractivity contribution in [2.45, 2.75) is 78.6 Å². The molecule has 1 atom stereocenters. The number of hydrogen-bond acceptors (Lipinski definition) is 3. The van der Waals surface area contributed by atoms with Crippen LogP contribution in [-0.2, 0) is 14.3 Å². The number of nitrogens with two attached hydrogens (primary N) is 1. The predicted octanol–water partition coefficient (Wildman–Crippen LogP) is 4.89. The van der Waals surface area contributed by atoms with Crippen molar-refractivity contribution in [3.8, 4) is 0 Å². The molecule has 4 heteroatoms. The van der Waals surface area contributed by atoms with Crippen molar-refractivity contribution in [1.29, 1.82) is 0 Å². The molecule has 0 aromatic heterocycles. The number of amides is 1. The number of carbonyl (C=O) groups excluding carboxylic acids is 2. The summed E-state index contributed by atoms with van der Waals surface area (Å²) in [6.07, 6.45) is 13.1. The average Bonchev–Trinajstić information content (AvgIpc) is 2.52. The maximum atomic E-state index is 12.1. The summed E-state index contributed by atoms with van der Waals surface area (Å²) in [5.41, 5.74) is 5.90. The maximum absolute atomic E-state index is 12.1. The second kappa shape index (κ2) is 13.8. The number of primary amides is 1. The van der Waals surface area contributed by atoms with Gasteiger partial charge in [0.2, 0.25) is 5.91 Å². The van der Waals surface area contributed by atoms with E-state index >= 15 is 0 Å². The molecule has 4 nitrogen and oxygen atoms in total. The summed E-state index contributed by atoms with van der Waals surface area (Å²) < 4.78 is 4.92. The molecule has 1 unspecified atom stereocenters. The summed E-state index contributed by atoms with van der Waals surface area (Å²) in [5.74, 6) is -1.29. The minimum atomic E-state index is -0.475. The lowest BCUT2D eigenvalue weighted by Crippen LogP contribution is -2.21. The summed E-state index contributed by atoms with van der Waals surface area (Å²) in [4.78, 5) is 23.6. The van der Waals surface area contributed by atoms with Crippen molar-refractivity contribution in [3.63, 3.8) is 0 Å². The molecule has 0 aliphatic carbocycles. The molecule has 0 aliphatic heterocycles. The maximum Gasteiger partial charge on any atom is 0.317 e. The van der Waals surface area contributed by atoms with Crippen LogP contribution in [0.3, 0.4) is 0 Å². The number of esters is 1. The number of carbonyl (C=O) groups is 2. The molecular formula is C20H35NO3. The lowest BCUT2D eigenvalue weighted by molar-refractivity contribution is -0.141. The second-order valence-electron chi connectivity index (χ2n) is 6.61. The van der Waals surface area contributed by atoms with Gasteiger partial charge in [0, 0.05) is 5.57 Å². The SMILES string of the molecule is C=COC(=O)C(/C=C(\C(N)=O)C(C)C)CCCCCCCCCC. The zero-order valence-corrected chi connectivity index (χ0v) is 15.7. The lowest BCUT2D eigenvalue weighted by atomic mass is 9.93. The Bertz CT molecular complexity index is 413. The molecule has 0 spiro atoms. The van der Waals surface area contributed by atoms with Crippen LogP contribution in [0.4, 0.5) is 0 Å². The summed E-state index contributed by atoms with van der Waals surface area (Å²) in [7, 11) is 0. The fourth-order valence-corrected chi connectivity index (χ4v) is 2.71. The van der Waals surface area contributed by atoms with Crippen molar-refractivity contribution in [2.75, 3.05) is 0 Å². The van der Waals surface area contributed by atoms with E-state index in [0.717, 1.165) is 19.1 Å². The lowest BCUT2D eigenvalue weighted by Gasteiger charge is -2.14. The largest absolute Gasteiger partial charge is 0.435 e. The molecule has 0 fully saturated rings. The Hall–Kier alpha value is -1.58. The van der Waals surface area contributed by atoms with E-state index in [-0.39, 0.29) is 11.9 Å². The van der Waals surface area contributed by atoms with Crippen LogP contribution in [0.1, 0.15) is 78.6 Å². The number of rotatable bonds is 14. The van der Waals surface area contributed by atoms with Gasteiger partial charge in [-0.1, -0.05) is 84.8 Å².